The smallest absolute Gasteiger partial charge is 0.0594 e. The summed E-state index contributed by atoms with van der Waals surface area (Å²) in [5.74, 6) is 0.728. The fourth-order valence-electron chi connectivity index (χ4n) is 3.84. The van der Waals surface area contributed by atoms with E-state index in [9.17, 15) is 0 Å². The second-order valence-electron chi connectivity index (χ2n) is 6.40. The molecule has 0 radical (unpaired) electrons. The van der Waals surface area contributed by atoms with Crippen molar-refractivity contribution >= 4 is 6.08 Å². The predicted molar refractivity (Wildman–Crippen MR) is 81.2 cm³/mol. The fraction of sp³-hybridized carbons (Fsp3) is 0.647. The molecule has 1 aliphatic heterocycles. The maximum Gasteiger partial charge on any atom is 0.0594 e. The minimum Gasteiger partial charge on any atom is -0.379 e. The van der Waals surface area contributed by atoms with Crippen molar-refractivity contribution in [2.24, 2.45) is 0 Å². The number of hydrogen-bond acceptors (Lipinski definition) is 2. The summed E-state index contributed by atoms with van der Waals surface area (Å²) in [6, 6.07) is 0. The molecule has 1 atom stereocenters. The van der Waals surface area contributed by atoms with Gasteiger partial charge in [0, 0.05) is 44.0 Å². The first-order valence-electron chi connectivity index (χ1n) is 8.05. The average Bonchev–Trinajstić information content (AvgIpc) is 3.19. The van der Waals surface area contributed by atoms with Crippen LogP contribution >= 0.6 is 0 Å². The summed E-state index contributed by atoms with van der Waals surface area (Å²) in [5, 5.41) is 0. The summed E-state index contributed by atoms with van der Waals surface area (Å²) in [4.78, 5) is 2.54. The molecule has 3 heteroatoms. The van der Waals surface area contributed by atoms with E-state index in [1.165, 1.54) is 38.0 Å². The minimum atomic E-state index is 0.728. The fourth-order valence-corrected chi connectivity index (χ4v) is 3.84. The highest BCUT2D eigenvalue weighted by molar-refractivity contribution is 5.65. The normalized spacial score (nSPS) is 24.6. The van der Waals surface area contributed by atoms with Crippen LogP contribution in [0.5, 0.6) is 0 Å². The van der Waals surface area contributed by atoms with Gasteiger partial charge in [0.1, 0.15) is 0 Å². The van der Waals surface area contributed by atoms with E-state index < -0.39 is 0 Å². The Morgan fingerprint density at radius 2 is 2.10 bits per heavy atom. The quantitative estimate of drug-likeness (QED) is 0.851. The van der Waals surface area contributed by atoms with Crippen molar-refractivity contribution in [3.05, 3.63) is 28.6 Å². The van der Waals surface area contributed by atoms with Crippen LogP contribution in [-0.2, 0) is 17.7 Å². The minimum absolute atomic E-state index is 0.728. The van der Waals surface area contributed by atoms with Crippen molar-refractivity contribution in [3.63, 3.8) is 0 Å². The maximum absolute atomic E-state index is 5.41. The first-order chi connectivity index (χ1) is 9.84. The van der Waals surface area contributed by atoms with Gasteiger partial charge in [-0.2, -0.15) is 0 Å². The maximum atomic E-state index is 5.41. The zero-order valence-corrected chi connectivity index (χ0v) is 12.4. The number of allylic oxidation sites excluding steroid dienone is 1. The molecule has 20 heavy (non-hydrogen) atoms. The number of morpholine rings is 1. The highest BCUT2D eigenvalue weighted by atomic mass is 16.5. The van der Waals surface area contributed by atoms with Crippen LogP contribution in [0.25, 0.3) is 6.08 Å². The number of aromatic nitrogens is 1. The number of rotatable bonds is 4. The molecule has 0 amide bonds. The van der Waals surface area contributed by atoms with Gasteiger partial charge in [-0.15, -0.1) is 0 Å². The molecule has 2 heterocycles. The molecule has 3 aliphatic rings. The molecule has 0 spiro atoms. The highest BCUT2D eigenvalue weighted by Crippen LogP contribution is 2.44. The largest absolute Gasteiger partial charge is 0.379 e. The van der Waals surface area contributed by atoms with E-state index in [0.717, 1.165) is 32.2 Å². The Balaban J connectivity index is 1.42. The summed E-state index contributed by atoms with van der Waals surface area (Å²) >= 11 is 0. The topological polar surface area (TPSA) is 17.4 Å². The van der Waals surface area contributed by atoms with Gasteiger partial charge in [-0.3, -0.25) is 4.90 Å². The predicted octanol–water partition coefficient (Wildman–Crippen LogP) is 2.64. The van der Waals surface area contributed by atoms with Crippen molar-refractivity contribution < 1.29 is 4.74 Å². The van der Waals surface area contributed by atoms with Crippen LogP contribution in [0.3, 0.4) is 0 Å². The Bertz CT molecular complexity index is 538. The molecule has 1 saturated heterocycles. The van der Waals surface area contributed by atoms with Gasteiger partial charge in [0.25, 0.3) is 0 Å². The molecule has 108 valence electrons. The van der Waals surface area contributed by atoms with Gasteiger partial charge in [-0.1, -0.05) is 13.0 Å². The first kappa shape index (κ1) is 12.7. The standard InChI is InChI=1S/C17H24N2O/c1-13-4-2-5-15-17(13)14-12-16(14)19(15)7-3-6-18-8-10-20-11-9-18/h2,5,13H,3-4,6-12H2,1H3. The molecule has 1 aromatic heterocycles. The first-order valence-corrected chi connectivity index (χ1v) is 8.05. The summed E-state index contributed by atoms with van der Waals surface area (Å²) in [5.41, 5.74) is 6.47. The molecular formula is C17H24N2O. The average molecular weight is 272 g/mol. The van der Waals surface area contributed by atoms with Crippen LogP contribution in [0.4, 0.5) is 0 Å². The van der Waals surface area contributed by atoms with Crippen molar-refractivity contribution in [1.29, 1.82) is 0 Å². The van der Waals surface area contributed by atoms with Crippen LogP contribution < -0.4 is 0 Å². The SMILES string of the molecule is CC1CC=Cc2c1c1c(n2CCCN2CCOCC2)C1. The van der Waals surface area contributed by atoms with Crippen molar-refractivity contribution in [2.75, 3.05) is 32.8 Å². The number of hydrogen-bond donors (Lipinski definition) is 0. The summed E-state index contributed by atoms with van der Waals surface area (Å²) in [7, 11) is 0. The summed E-state index contributed by atoms with van der Waals surface area (Å²) < 4.78 is 8.00. The third-order valence-electron chi connectivity index (χ3n) is 5.00. The number of nitrogens with zero attached hydrogens (tertiary/aromatic N) is 2. The molecular weight excluding hydrogens is 248 g/mol. The monoisotopic (exact) mass is 272 g/mol. The highest BCUT2D eigenvalue weighted by Gasteiger charge is 2.34. The van der Waals surface area contributed by atoms with E-state index in [1.807, 2.05) is 0 Å². The zero-order valence-electron chi connectivity index (χ0n) is 12.4. The number of fused-ring (bicyclic) bond motifs is 3. The van der Waals surface area contributed by atoms with Crippen LogP contribution in [-0.4, -0.2) is 42.3 Å². The molecule has 3 nitrogen and oxygen atoms in total. The summed E-state index contributed by atoms with van der Waals surface area (Å²) in [6.45, 7) is 8.82. The lowest BCUT2D eigenvalue weighted by Gasteiger charge is -2.26. The van der Waals surface area contributed by atoms with Crippen molar-refractivity contribution in [2.45, 2.75) is 38.6 Å². The van der Waals surface area contributed by atoms with E-state index in [0.29, 0.717) is 0 Å². The molecule has 0 bridgehead atoms. The van der Waals surface area contributed by atoms with Gasteiger partial charge in [-0.25, -0.2) is 0 Å². The van der Waals surface area contributed by atoms with E-state index in [2.05, 4.69) is 28.5 Å². The Morgan fingerprint density at radius 3 is 2.95 bits per heavy atom. The summed E-state index contributed by atoms with van der Waals surface area (Å²) in [6.07, 6.45) is 8.45. The molecule has 0 aromatic carbocycles. The Hall–Kier alpha value is -1.06. The van der Waals surface area contributed by atoms with E-state index >= 15 is 0 Å². The molecule has 1 fully saturated rings. The van der Waals surface area contributed by atoms with Crippen LogP contribution in [0, 0.1) is 0 Å². The van der Waals surface area contributed by atoms with E-state index in [1.54, 1.807) is 16.8 Å². The molecule has 0 N–H and O–H groups in total. The van der Waals surface area contributed by atoms with Gasteiger partial charge in [0.15, 0.2) is 0 Å². The zero-order chi connectivity index (χ0) is 13.5. The van der Waals surface area contributed by atoms with Gasteiger partial charge < -0.3 is 9.30 Å². The molecule has 0 saturated carbocycles. The van der Waals surface area contributed by atoms with Crippen LogP contribution in [0.1, 0.15) is 48.2 Å². The van der Waals surface area contributed by atoms with Gasteiger partial charge in [0.2, 0.25) is 0 Å². The Labute approximate surface area is 121 Å². The third-order valence-corrected chi connectivity index (χ3v) is 5.00. The van der Waals surface area contributed by atoms with Crippen LogP contribution in [0.2, 0.25) is 0 Å². The lowest BCUT2D eigenvalue weighted by atomic mass is 9.92. The molecule has 2 aliphatic carbocycles. The molecule has 1 unspecified atom stereocenters. The number of ether oxygens (including phenoxy) is 1. The second-order valence-corrected chi connectivity index (χ2v) is 6.40. The Morgan fingerprint density at radius 1 is 1.25 bits per heavy atom. The van der Waals surface area contributed by atoms with Crippen molar-refractivity contribution in [1.82, 2.24) is 9.47 Å². The van der Waals surface area contributed by atoms with Gasteiger partial charge in [-0.05, 0) is 36.0 Å². The van der Waals surface area contributed by atoms with Gasteiger partial charge >= 0.3 is 0 Å². The lowest BCUT2D eigenvalue weighted by molar-refractivity contribution is 0.0369. The van der Waals surface area contributed by atoms with Crippen LogP contribution in [0.15, 0.2) is 6.08 Å². The molecule has 4 rings (SSSR count). The lowest BCUT2D eigenvalue weighted by Crippen LogP contribution is -2.37. The third kappa shape index (κ3) is 2.13. The van der Waals surface area contributed by atoms with E-state index in [-0.39, 0.29) is 0 Å². The van der Waals surface area contributed by atoms with E-state index in [4.69, 9.17) is 4.74 Å². The van der Waals surface area contributed by atoms with Crippen molar-refractivity contribution in [3.8, 4) is 0 Å². The second kappa shape index (κ2) is 5.05. The molecule has 1 aromatic rings. The van der Waals surface area contributed by atoms with Gasteiger partial charge in [0.05, 0.1) is 13.2 Å². The Kier molecular flexibility index (Phi) is 3.20.